The van der Waals surface area contributed by atoms with Gasteiger partial charge in [0.05, 0.1) is 23.7 Å². The van der Waals surface area contributed by atoms with Crippen LogP contribution in [0.2, 0.25) is 0 Å². The summed E-state index contributed by atoms with van der Waals surface area (Å²) < 4.78 is 48.0. The highest BCUT2D eigenvalue weighted by Gasteiger charge is 2.38. The summed E-state index contributed by atoms with van der Waals surface area (Å²) in [5, 5.41) is 2.96. The number of carbonyl (C=O) groups excluding carboxylic acids is 2. The standard InChI is InChI=1S/C29H33F3N4O3.C2H6/c1-16-18-11-19(13-20(12-18)29(30,31)32)26(38)35-23-15-28(2,3)39-24-9-8-17(10-22(23)24)6-4-5-7-21-14-25(37)36(16)27(33)34-21;1-2/h8-13,16,21,23H,4-7,14-15H2,1-3H3,(H2,33,34)(H,35,38);1-2H3/t16-,21?,23?;/m1./s1. The SMILES string of the molecule is CC.C[C@@H]1c2cc(cc(C(F)(F)F)c2)C(=O)NC2CC(C)(C)Oc3ccc(cc32)CCCCC2CC(=O)N1C(N)=N2. The van der Waals surface area contributed by atoms with Crippen molar-refractivity contribution in [1.82, 2.24) is 10.2 Å². The Morgan fingerprint density at radius 2 is 1.83 bits per heavy atom. The molecular weight excluding hydrogens is 533 g/mol. The zero-order valence-electron chi connectivity index (χ0n) is 24.3. The third kappa shape index (κ3) is 6.68. The molecule has 2 aromatic rings. The number of guanidine groups is 1. The molecule has 4 aliphatic heterocycles. The highest BCUT2D eigenvalue weighted by molar-refractivity contribution is 5.99. The minimum atomic E-state index is -4.69. The number of hydrogen-bond acceptors (Lipinski definition) is 5. The Bertz CT molecular complexity index is 1340. The number of alkyl halides is 3. The molecule has 0 fully saturated rings. The van der Waals surface area contributed by atoms with Crippen LogP contribution in [0.4, 0.5) is 13.2 Å². The number of nitrogens with two attached hydrogens (primary N) is 1. The number of rotatable bonds is 0. The fraction of sp³-hybridized carbons (Fsp3) is 0.516. The van der Waals surface area contributed by atoms with Crippen molar-refractivity contribution in [3.63, 3.8) is 0 Å². The van der Waals surface area contributed by atoms with Crippen LogP contribution in [-0.2, 0) is 17.4 Å². The third-order valence-corrected chi connectivity index (χ3v) is 7.74. The van der Waals surface area contributed by atoms with E-state index < -0.39 is 35.3 Å². The van der Waals surface area contributed by atoms with Gasteiger partial charge in [0.1, 0.15) is 11.4 Å². The molecule has 6 rings (SSSR count). The third-order valence-electron chi connectivity index (χ3n) is 7.74. The van der Waals surface area contributed by atoms with Gasteiger partial charge in [0, 0.05) is 24.0 Å². The summed E-state index contributed by atoms with van der Waals surface area (Å²) in [4.78, 5) is 32.3. The fourth-order valence-corrected chi connectivity index (χ4v) is 5.78. The first kappa shape index (κ1) is 30.4. The molecule has 3 atom stereocenters. The normalized spacial score (nSPS) is 24.1. The molecule has 4 heterocycles. The van der Waals surface area contributed by atoms with Crippen LogP contribution in [0.5, 0.6) is 5.75 Å². The van der Waals surface area contributed by atoms with E-state index in [1.807, 2.05) is 45.9 Å². The van der Waals surface area contributed by atoms with Crippen molar-refractivity contribution < 1.29 is 27.5 Å². The van der Waals surface area contributed by atoms with Crippen molar-refractivity contribution >= 4 is 17.8 Å². The van der Waals surface area contributed by atoms with Gasteiger partial charge in [-0.15, -0.1) is 0 Å². The number of ether oxygens (including phenoxy) is 1. The summed E-state index contributed by atoms with van der Waals surface area (Å²) in [6, 6.07) is 7.54. The maximum Gasteiger partial charge on any atom is 0.416 e. The number of nitrogens with zero attached hydrogens (tertiary/aromatic N) is 2. The molecule has 3 N–H and O–H groups in total. The first-order valence-electron chi connectivity index (χ1n) is 14.3. The summed E-state index contributed by atoms with van der Waals surface area (Å²) in [6.45, 7) is 9.42. The van der Waals surface area contributed by atoms with Crippen LogP contribution in [0.1, 0.15) is 111 Å². The lowest BCUT2D eigenvalue weighted by molar-refractivity contribution is -0.137. The van der Waals surface area contributed by atoms with E-state index in [4.69, 9.17) is 10.5 Å². The van der Waals surface area contributed by atoms with Gasteiger partial charge in [0.2, 0.25) is 5.91 Å². The zero-order valence-corrected chi connectivity index (χ0v) is 24.3. The van der Waals surface area contributed by atoms with Crippen LogP contribution in [0.25, 0.3) is 0 Å². The number of aryl methyl sites for hydroxylation is 1. The Morgan fingerprint density at radius 1 is 1.10 bits per heavy atom. The number of aliphatic imine (C=N–C) groups is 1. The summed E-state index contributed by atoms with van der Waals surface area (Å²) in [5.41, 5.74) is 6.51. The Hall–Kier alpha value is -3.56. The molecule has 0 saturated heterocycles. The largest absolute Gasteiger partial charge is 0.487 e. The Labute approximate surface area is 239 Å². The van der Waals surface area contributed by atoms with Crippen LogP contribution in [0.15, 0.2) is 41.4 Å². The monoisotopic (exact) mass is 572 g/mol. The molecule has 7 nitrogen and oxygen atoms in total. The highest BCUT2D eigenvalue weighted by atomic mass is 19.4. The van der Waals surface area contributed by atoms with E-state index in [-0.39, 0.29) is 35.5 Å². The van der Waals surface area contributed by atoms with Gasteiger partial charge in [-0.05, 0) is 75.4 Å². The number of carbonyl (C=O) groups is 2. The molecule has 2 unspecified atom stereocenters. The van der Waals surface area contributed by atoms with E-state index in [0.29, 0.717) is 18.6 Å². The second-order valence-electron chi connectivity index (χ2n) is 11.3. The molecule has 0 radical (unpaired) electrons. The van der Waals surface area contributed by atoms with Gasteiger partial charge < -0.3 is 15.8 Å². The lowest BCUT2D eigenvalue weighted by Crippen LogP contribution is -2.48. The Balaban J connectivity index is 0.00000189. The van der Waals surface area contributed by atoms with Crippen LogP contribution in [0.3, 0.4) is 0 Å². The first-order chi connectivity index (χ1) is 19.3. The Kier molecular flexibility index (Phi) is 8.70. The molecule has 0 spiro atoms. The average Bonchev–Trinajstić information content (AvgIpc) is 2.90. The van der Waals surface area contributed by atoms with Crippen LogP contribution >= 0.6 is 0 Å². The van der Waals surface area contributed by atoms with Crippen molar-refractivity contribution in [3.05, 3.63) is 64.2 Å². The first-order valence-corrected chi connectivity index (χ1v) is 14.3. The summed E-state index contributed by atoms with van der Waals surface area (Å²) in [5.74, 6) is -0.296. The van der Waals surface area contributed by atoms with Crippen molar-refractivity contribution in [3.8, 4) is 5.75 Å². The molecule has 0 aliphatic carbocycles. The van der Waals surface area contributed by atoms with E-state index in [9.17, 15) is 22.8 Å². The molecule has 0 aromatic heterocycles. The van der Waals surface area contributed by atoms with Gasteiger partial charge in [-0.2, -0.15) is 13.2 Å². The molecule has 10 heteroatoms. The number of nitrogens with one attached hydrogen (secondary N) is 1. The maximum atomic E-state index is 13.9. The van der Waals surface area contributed by atoms with Gasteiger partial charge in [0.15, 0.2) is 5.96 Å². The highest BCUT2D eigenvalue weighted by Crippen LogP contribution is 2.41. The van der Waals surface area contributed by atoms with Crippen LogP contribution in [0, 0.1) is 0 Å². The minimum Gasteiger partial charge on any atom is -0.487 e. The molecule has 41 heavy (non-hydrogen) atoms. The second-order valence-corrected chi connectivity index (χ2v) is 11.3. The molecule has 6 bridgehead atoms. The summed E-state index contributed by atoms with van der Waals surface area (Å²) in [6.07, 6.45) is -0.921. The molecule has 2 amide bonds. The van der Waals surface area contributed by atoms with Gasteiger partial charge in [0.25, 0.3) is 5.91 Å². The quantitative estimate of drug-likeness (QED) is 0.378. The minimum absolute atomic E-state index is 0.0158. The van der Waals surface area contributed by atoms with E-state index >= 15 is 0 Å². The van der Waals surface area contributed by atoms with E-state index in [1.54, 1.807) is 6.92 Å². The predicted molar refractivity (Wildman–Crippen MR) is 152 cm³/mol. The number of fused-ring (bicyclic) bond motifs is 5. The average molecular weight is 573 g/mol. The van der Waals surface area contributed by atoms with Gasteiger partial charge in [-0.25, -0.2) is 4.99 Å². The second kappa shape index (κ2) is 11.7. The zero-order chi connectivity index (χ0) is 30.1. The maximum absolute atomic E-state index is 13.9. The number of hydrogen-bond donors (Lipinski definition) is 2. The smallest absolute Gasteiger partial charge is 0.416 e. The van der Waals surface area contributed by atoms with Crippen molar-refractivity contribution in [1.29, 1.82) is 0 Å². The topological polar surface area (TPSA) is 97.0 Å². The summed E-state index contributed by atoms with van der Waals surface area (Å²) in [7, 11) is 0. The van der Waals surface area contributed by atoms with Gasteiger partial charge in [-0.3, -0.25) is 14.5 Å². The Morgan fingerprint density at radius 3 is 2.51 bits per heavy atom. The predicted octanol–water partition coefficient (Wildman–Crippen LogP) is 6.47. The number of halogens is 3. The van der Waals surface area contributed by atoms with Crippen molar-refractivity contribution in [2.45, 2.75) is 103 Å². The molecule has 4 aliphatic rings. The molecular formula is C31H39F3N4O3. The van der Waals surface area contributed by atoms with Crippen LogP contribution in [-0.4, -0.2) is 34.3 Å². The lowest BCUT2D eigenvalue weighted by Gasteiger charge is -2.38. The van der Waals surface area contributed by atoms with E-state index in [1.165, 1.54) is 11.0 Å². The van der Waals surface area contributed by atoms with Crippen LogP contribution < -0.4 is 15.8 Å². The summed E-state index contributed by atoms with van der Waals surface area (Å²) >= 11 is 0. The lowest BCUT2D eigenvalue weighted by atomic mass is 9.88. The van der Waals surface area contributed by atoms with Crippen molar-refractivity contribution in [2.24, 2.45) is 10.7 Å². The number of benzene rings is 2. The number of amides is 2. The van der Waals surface area contributed by atoms with Gasteiger partial charge >= 0.3 is 6.18 Å². The molecule has 2 aromatic carbocycles. The van der Waals surface area contributed by atoms with E-state index in [0.717, 1.165) is 42.5 Å². The molecule has 0 saturated carbocycles. The van der Waals surface area contributed by atoms with Crippen molar-refractivity contribution in [2.75, 3.05) is 0 Å². The fourth-order valence-electron chi connectivity index (χ4n) is 5.78. The molecule has 222 valence electrons. The van der Waals surface area contributed by atoms with E-state index in [2.05, 4.69) is 10.3 Å². The van der Waals surface area contributed by atoms with Gasteiger partial charge in [-0.1, -0.05) is 32.4 Å².